The number of anilines is 1. The van der Waals surface area contributed by atoms with E-state index in [1.165, 1.54) is 4.31 Å². The number of aryl methyl sites for hydroxylation is 1. The van der Waals surface area contributed by atoms with Crippen molar-refractivity contribution in [3.05, 3.63) is 65.7 Å². The molecule has 0 aliphatic heterocycles. The average molecular weight is 460 g/mol. The maximum atomic E-state index is 13.2. The minimum atomic E-state index is -3.48. The second-order valence-corrected chi connectivity index (χ2v) is 9.73. The van der Waals surface area contributed by atoms with Crippen LogP contribution in [0.25, 0.3) is 0 Å². The van der Waals surface area contributed by atoms with Crippen LogP contribution in [0.5, 0.6) is 0 Å². The molecule has 0 unspecified atom stereocenters. The van der Waals surface area contributed by atoms with E-state index in [0.717, 1.165) is 17.4 Å². The fourth-order valence-electron chi connectivity index (χ4n) is 3.69. The first-order valence-electron chi connectivity index (χ1n) is 10.8. The lowest BCUT2D eigenvalue weighted by atomic mass is 10.1. The van der Waals surface area contributed by atoms with Gasteiger partial charge in [0.1, 0.15) is 6.04 Å². The molecule has 8 heteroatoms. The van der Waals surface area contributed by atoms with Gasteiger partial charge in [0.15, 0.2) is 0 Å². The summed E-state index contributed by atoms with van der Waals surface area (Å²) in [6, 6.07) is 16.1. The standard InChI is InChI=1S/C24H33N3O4S/c1-5-22(24(29)25-3)26(18-20-12-9-11-19(2)17-20)23(28)15-10-16-27(32(4,30)31)21-13-7-6-8-14-21/h6-9,11-14,17,22H,5,10,15-16,18H2,1-4H3,(H,25,29)/t22-/m1/s1. The number of hydrogen-bond donors (Lipinski definition) is 1. The number of hydrogen-bond acceptors (Lipinski definition) is 4. The van der Waals surface area contributed by atoms with Gasteiger partial charge in [0.2, 0.25) is 21.8 Å². The lowest BCUT2D eigenvalue weighted by Crippen LogP contribution is -2.48. The van der Waals surface area contributed by atoms with Gasteiger partial charge in [0.25, 0.3) is 0 Å². The van der Waals surface area contributed by atoms with E-state index in [2.05, 4.69) is 5.32 Å². The number of likely N-dealkylation sites (N-methyl/N-ethyl adjacent to an activating group) is 1. The van der Waals surface area contributed by atoms with E-state index in [4.69, 9.17) is 0 Å². The normalized spacial score (nSPS) is 12.1. The highest BCUT2D eigenvalue weighted by molar-refractivity contribution is 7.92. The Morgan fingerprint density at radius 2 is 1.75 bits per heavy atom. The van der Waals surface area contributed by atoms with Gasteiger partial charge in [-0.2, -0.15) is 0 Å². The van der Waals surface area contributed by atoms with Crippen LogP contribution in [0.1, 0.15) is 37.3 Å². The number of para-hydroxylation sites is 1. The van der Waals surface area contributed by atoms with Gasteiger partial charge in [-0.05, 0) is 37.5 Å². The van der Waals surface area contributed by atoms with Gasteiger partial charge in [0, 0.05) is 26.6 Å². The van der Waals surface area contributed by atoms with Crippen molar-refractivity contribution in [3.63, 3.8) is 0 Å². The Labute approximate surface area is 191 Å². The van der Waals surface area contributed by atoms with Gasteiger partial charge in [-0.25, -0.2) is 8.42 Å². The number of carbonyl (C=O) groups is 2. The van der Waals surface area contributed by atoms with Gasteiger partial charge in [-0.15, -0.1) is 0 Å². The van der Waals surface area contributed by atoms with Crippen LogP contribution in [-0.4, -0.2) is 51.0 Å². The Kier molecular flexibility index (Phi) is 9.26. The number of nitrogens with zero attached hydrogens (tertiary/aromatic N) is 2. The first-order valence-corrected chi connectivity index (χ1v) is 12.6. The molecule has 0 bridgehead atoms. The van der Waals surface area contributed by atoms with Crippen molar-refractivity contribution in [2.75, 3.05) is 24.2 Å². The Hall–Kier alpha value is -2.87. The summed E-state index contributed by atoms with van der Waals surface area (Å²) in [6.45, 7) is 4.36. The molecular weight excluding hydrogens is 426 g/mol. The van der Waals surface area contributed by atoms with E-state index in [0.29, 0.717) is 25.1 Å². The summed E-state index contributed by atoms with van der Waals surface area (Å²) in [4.78, 5) is 27.2. The first-order chi connectivity index (χ1) is 15.2. The number of amides is 2. The lowest BCUT2D eigenvalue weighted by molar-refractivity contribution is -0.141. The van der Waals surface area contributed by atoms with Crippen LogP contribution < -0.4 is 9.62 Å². The van der Waals surface area contributed by atoms with Crippen molar-refractivity contribution >= 4 is 27.5 Å². The zero-order valence-electron chi connectivity index (χ0n) is 19.2. The average Bonchev–Trinajstić information content (AvgIpc) is 2.76. The molecule has 2 rings (SSSR count). The highest BCUT2D eigenvalue weighted by Crippen LogP contribution is 2.19. The summed E-state index contributed by atoms with van der Waals surface area (Å²) < 4.78 is 25.9. The Balaban J connectivity index is 2.17. The molecule has 32 heavy (non-hydrogen) atoms. The highest BCUT2D eigenvalue weighted by Gasteiger charge is 2.28. The van der Waals surface area contributed by atoms with Gasteiger partial charge >= 0.3 is 0 Å². The van der Waals surface area contributed by atoms with Gasteiger partial charge in [-0.3, -0.25) is 13.9 Å². The zero-order chi connectivity index (χ0) is 23.7. The SMILES string of the molecule is CC[C@H](C(=O)NC)N(Cc1cccc(C)c1)C(=O)CCCN(c1ccccc1)S(C)(=O)=O. The summed E-state index contributed by atoms with van der Waals surface area (Å²) >= 11 is 0. The fraction of sp³-hybridized carbons (Fsp3) is 0.417. The van der Waals surface area contributed by atoms with Gasteiger partial charge in [0.05, 0.1) is 11.9 Å². The summed E-state index contributed by atoms with van der Waals surface area (Å²) in [5, 5.41) is 2.64. The highest BCUT2D eigenvalue weighted by atomic mass is 32.2. The van der Waals surface area contributed by atoms with Crippen LogP contribution in [0.15, 0.2) is 54.6 Å². The number of carbonyl (C=O) groups excluding carboxylic acids is 2. The number of sulfonamides is 1. The molecule has 2 aromatic carbocycles. The van der Waals surface area contributed by atoms with Crippen molar-refractivity contribution < 1.29 is 18.0 Å². The van der Waals surface area contributed by atoms with Crippen LogP contribution in [0.4, 0.5) is 5.69 Å². The number of benzene rings is 2. The molecule has 0 spiro atoms. The van der Waals surface area contributed by atoms with Crippen molar-refractivity contribution in [1.29, 1.82) is 0 Å². The molecule has 1 N–H and O–H groups in total. The quantitative estimate of drug-likeness (QED) is 0.559. The molecule has 0 radical (unpaired) electrons. The summed E-state index contributed by atoms with van der Waals surface area (Å²) in [7, 11) is -1.92. The topological polar surface area (TPSA) is 86.8 Å². The summed E-state index contributed by atoms with van der Waals surface area (Å²) in [5.74, 6) is -0.390. The second kappa shape index (κ2) is 11.7. The summed E-state index contributed by atoms with van der Waals surface area (Å²) in [6.07, 6.45) is 2.12. The van der Waals surface area contributed by atoms with Crippen molar-refractivity contribution in [3.8, 4) is 0 Å². The molecule has 174 valence electrons. The zero-order valence-corrected chi connectivity index (χ0v) is 20.1. The van der Waals surface area contributed by atoms with E-state index in [9.17, 15) is 18.0 Å². The molecule has 1 atom stereocenters. The van der Waals surface area contributed by atoms with Crippen molar-refractivity contribution in [1.82, 2.24) is 10.2 Å². The third kappa shape index (κ3) is 7.09. The molecule has 0 aliphatic carbocycles. The molecule has 0 saturated heterocycles. The predicted molar refractivity (Wildman–Crippen MR) is 128 cm³/mol. The monoisotopic (exact) mass is 459 g/mol. The third-order valence-corrected chi connectivity index (χ3v) is 6.46. The third-order valence-electron chi connectivity index (χ3n) is 5.26. The second-order valence-electron chi connectivity index (χ2n) is 7.82. The Bertz CT molecular complexity index is 1010. The first kappa shape index (κ1) is 25.4. The Morgan fingerprint density at radius 3 is 2.31 bits per heavy atom. The molecule has 0 heterocycles. The maximum Gasteiger partial charge on any atom is 0.242 e. The van der Waals surface area contributed by atoms with Crippen molar-refractivity contribution in [2.45, 2.75) is 45.7 Å². The van der Waals surface area contributed by atoms with Crippen LogP contribution in [0.3, 0.4) is 0 Å². The number of rotatable bonds is 11. The van der Waals surface area contributed by atoms with Crippen LogP contribution >= 0.6 is 0 Å². The van der Waals surface area contributed by atoms with Crippen LogP contribution in [0.2, 0.25) is 0 Å². The summed E-state index contributed by atoms with van der Waals surface area (Å²) in [5.41, 5.74) is 2.59. The number of nitrogens with one attached hydrogen (secondary N) is 1. The molecule has 0 aliphatic rings. The molecule has 0 fully saturated rings. The van der Waals surface area contributed by atoms with Crippen LogP contribution in [-0.2, 0) is 26.2 Å². The lowest BCUT2D eigenvalue weighted by Gasteiger charge is -2.31. The minimum Gasteiger partial charge on any atom is -0.357 e. The molecular formula is C24H33N3O4S. The van der Waals surface area contributed by atoms with Gasteiger partial charge < -0.3 is 10.2 Å². The van der Waals surface area contributed by atoms with Gasteiger partial charge in [-0.1, -0.05) is 55.0 Å². The molecule has 0 aromatic heterocycles. The molecule has 7 nitrogen and oxygen atoms in total. The van der Waals surface area contributed by atoms with E-state index in [-0.39, 0.29) is 24.8 Å². The minimum absolute atomic E-state index is 0.137. The van der Waals surface area contributed by atoms with E-state index >= 15 is 0 Å². The molecule has 2 amide bonds. The Morgan fingerprint density at radius 1 is 1.06 bits per heavy atom. The fourth-order valence-corrected chi connectivity index (χ4v) is 4.66. The van der Waals surface area contributed by atoms with Crippen LogP contribution in [0, 0.1) is 6.92 Å². The van der Waals surface area contributed by atoms with Crippen molar-refractivity contribution in [2.24, 2.45) is 0 Å². The largest absolute Gasteiger partial charge is 0.357 e. The van der Waals surface area contributed by atoms with E-state index in [1.54, 1.807) is 36.2 Å². The molecule has 2 aromatic rings. The molecule has 0 saturated carbocycles. The smallest absolute Gasteiger partial charge is 0.242 e. The van der Waals surface area contributed by atoms with E-state index in [1.807, 2.05) is 44.2 Å². The maximum absolute atomic E-state index is 13.2. The van der Waals surface area contributed by atoms with E-state index < -0.39 is 16.1 Å². The predicted octanol–water partition coefficient (Wildman–Crippen LogP) is 3.09.